The second kappa shape index (κ2) is 7.36. The second-order valence-electron chi connectivity index (χ2n) is 5.81. The van der Waals surface area contributed by atoms with Crippen molar-refractivity contribution in [2.24, 2.45) is 0 Å². The lowest BCUT2D eigenvalue weighted by molar-refractivity contribution is -0.141. The fourth-order valence-corrected chi connectivity index (χ4v) is 2.83. The van der Waals surface area contributed by atoms with Crippen LogP contribution in [0, 0.1) is 5.82 Å². The maximum absolute atomic E-state index is 14.0. The number of nitrogens with zero attached hydrogens (tertiary/aromatic N) is 2. The van der Waals surface area contributed by atoms with Crippen LogP contribution in [0.3, 0.4) is 0 Å². The van der Waals surface area contributed by atoms with Gasteiger partial charge in [0.15, 0.2) is 0 Å². The highest BCUT2D eigenvalue weighted by molar-refractivity contribution is 6.30. The molecule has 2 N–H and O–H groups in total. The number of alkyl halides is 3. The van der Waals surface area contributed by atoms with Crippen LogP contribution >= 0.6 is 11.6 Å². The third-order valence-corrected chi connectivity index (χ3v) is 4.30. The van der Waals surface area contributed by atoms with E-state index in [4.69, 9.17) is 22.1 Å². The number of hydrogen-bond donors (Lipinski definition) is 1. The summed E-state index contributed by atoms with van der Waals surface area (Å²) in [5.41, 5.74) is 1.78. The van der Waals surface area contributed by atoms with Gasteiger partial charge in [-0.25, -0.2) is 14.2 Å². The number of fused-ring (bicyclic) bond motifs is 1. The zero-order valence-electron chi connectivity index (χ0n) is 14.7. The van der Waals surface area contributed by atoms with E-state index in [0.717, 1.165) is 18.2 Å². The van der Waals surface area contributed by atoms with Gasteiger partial charge in [0.2, 0.25) is 0 Å². The van der Waals surface area contributed by atoms with Crippen LogP contribution in [-0.2, 0) is 10.9 Å². The summed E-state index contributed by atoms with van der Waals surface area (Å²) >= 11 is 5.64. The molecule has 0 atom stereocenters. The fraction of sp³-hybridized carbons (Fsp3) is 0.167. The van der Waals surface area contributed by atoms with Crippen molar-refractivity contribution in [3.05, 3.63) is 62.8 Å². The van der Waals surface area contributed by atoms with Crippen LogP contribution in [0.4, 0.5) is 23.2 Å². The average molecular weight is 430 g/mol. The molecule has 3 rings (SSSR count). The van der Waals surface area contributed by atoms with E-state index in [1.54, 1.807) is 0 Å². The van der Waals surface area contributed by atoms with Crippen molar-refractivity contribution in [2.45, 2.75) is 13.1 Å². The number of pyridine rings is 2. The van der Waals surface area contributed by atoms with E-state index in [9.17, 15) is 27.2 Å². The van der Waals surface area contributed by atoms with Crippen LogP contribution < -0.4 is 11.3 Å². The molecule has 29 heavy (non-hydrogen) atoms. The smallest absolute Gasteiger partial charge is 0.433 e. The third kappa shape index (κ3) is 3.63. The largest absolute Gasteiger partial charge is 0.462 e. The van der Waals surface area contributed by atoms with Crippen LogP contribution in [0.5, 0.6) is 0 Å². The van der Waals surface area contributed by atoms with E-state index in [0.29, 0.717) is 10.6 Å². The molecule has 2 aromatic heterocycles. The van der Waals surface area contributed by atoms with Crippen molar-refractivity contribution in [2.75, 3.05) is 12.3 Å². The minimum atomic E-state index is -4.81. The van der Waals surface area contributed by atoms with Crippen LogP contribution in [0.1, 0.15) is 23.0 Å². The topological polar surface area (TPSA) is 87.2 Å². The molecule has 6 nitrogen and oxygen atoms in total. The van der Waals surface area contributed by atoms with Crippen LogP contribution in [-0.4, -0.2) is 22.1 Å². The zero-order valence-corrected chi connectivity index (χ0v) is 15.4. The summed E-state index contributed by atoms with van der Waals surface area (Å²) in [4.78, 5) is 28.7. The van der Waals surface area contributed by atoms with Gasteiger partial charge >= 0.3 is 12.1 Å². The van der Waals surface area contributed by atoms with Crippen LogP contribution in [0.15, 0.2) is 35.1 Å². The molecule has 0 spiro atoms. The second-order valence-corrected chi connectivity index (χ2v) is 6.22. The van der Waals surface area contributed by atoms with Crippen LogP contribution in [0.2, 0.25) is 5.02 Å². The normalized spacial score (nSPS) is 11.7. The van der Waals surface area contributed by atoms with E-state index in [1.165, 1.54) is 13.0 Å². The summed E-state index contributed by atoms with van der Waals surface area (Å²) in [6.45, 7) is 1.43. The molecule has 152 valence electrons. The van der Waals surface area contributed by atoms with Gasteiger partial charge in [-0.15, -0.1) is 0 Å². The van der Waals surface area contributed by atoms with Crippen molar-refractivity contribution in [3.63, 3.8) is 0 Å². The number of halogens is 5. The number of aromatic nitrogens is 2. The summed E-state index contributed by atoms with van der Waals surface area (Å²) in [6, 6.07) is 4.77. The van der Waals surface area contributed by atoms with E-state index in [2.05, 4.69) is 4.98 Å². The van der Waals surface area contributed by atoms with Gasteiger partial charge in [-0.1, -0.05) is 11.6 Å². The van der Waals surface area contributed by atoms with Crippen molar-refractivity contribution < 1.29 is 27.1 Å². The summed E-state index contributed by atoms with van der Waals surface area (Å²) in [7, 11) is 0. The number of carbonyl (C=O) groups is 1. The number of nitrogens with two attached hydrogens (primary N) is 1. The fourth-order valence-electron chi connectivity index (χ4n) is 2.71. The Kier molecular flexibility index (Phi) is 5.22. The summed E-state index contributed by atoms with van der Waals surface area (Å²) in [5.74, 6) is -1.99. The monoisotopic (exact) mass is 429 g/mol. The Labute approximate surface area is 165 Å². The van der Waals surface area contributed by atoms with E-state index in [-0.39, 0.29) is 22.7 Å². The van der Waals surface area contributed by atoms with Crippen molar-refractivity contribution in [3.8, 4) is 5.69 Å². The lowest BCUT2D eigenvalue weighted by Crippen LogP contribution is -2.29. The minimum Gasteiger partial charge on any atom is -0.462 e. The average Bonchev–Trinajstić information content (AvgIpc) is 2.64. The van der Waals surface area contributed by atoms with E-state index in [1.807, 2.05) is 0 Å². The third-order valence-electron chi connectivity index (χ3n) is 3.99. The molecule has 0 aliphatic rings. The highest BCUT2D eigenvalue weighted by Gasteiger charge is 2.34. The molecule has 0 aliphatic heterocycles. The predicted octanol–water partition coefficient (Wildman–Crippen LogP) is 3.96. The number of anilines is 1. The van der Waals surface area contributed by atoms with Crippen molar-refractivity contribution in [1.82, 2.24) is 9.55 Å². The highest BCUT2D eigenvalue weighted by Crippen LogP contribution is 2.32. The number of benzene rings is 1. The van der Waals surface area contributed by atoms with Gasteiger partial charge in [0, 0.05) is 5.39 Å². The van der Waals surface area contributed by atoms with E-state index >= 15 is 0 Å². The minimum absolute atomic E-state index is 0.0728. The summed E-state index contributed by atoms with van der Waals surface area (Å²) in [5, 5.41) is -0.382. The number of esters is 1. The van der Waals surface area contributed by atoms with Gasteiger partial charge in [-0.2, -0.15) is 13.2 Å². The Morgan fingerprint density at radius 3 is 2.55 bits per heavy atom. The predicted molar refractivity (Wildman–Crippen MR) is 97.7 cm³/mol. The maximum Gasteiger partial charge on any atom is 0.433 e. The van der Waals surface area contributed by atoms with Crippen molar-refractivity contribution >= 4 is 34.3 Å². The molecule has 3 aromatic rings. The standard InChI is InChI=1S/C18H12ClF4N3O3/c1-2-29-17(28)13-14(24)9-4-6-12(18(21,22)23)25-15(9)26(16(13)27)8-3-5-10(19)11(20)7-8/h3-7H,2,24H2,1H3. The first-order valence-electron chi connectivity index (χ1n) is 8.11. The lowest BCUT2D eigenvalue weighted by Gasteiger charge is -2.16. The Balaban J connectivity index is 2.48. The molecular weight excluding hydrogens is 418 g/mol. The van der Waals surface area contributed by atoms with Gasteiger partial charge in [0.25, 0.3) is 5.56 Å². The molecule has 0 unspecified atom stereocenters. The SMILES string of the molecule is CCOC(=O)c1c(N)c2ccc(C(F)(F)F)nc2n(-c2ccc(Cl)c(F)c2)c1=O. The summed E-state index contributed by atoms with van der Waals surface area (Å²) in [6.07, 6.45) is -4.81. The first kappa shape index (κ1) is 20.6. The Morgan fingerprint density at radius 1 is 1.28 bits per heavy atom. The molecule has 0 bridgehead atoms. The molecule has 0 fully saturated rings. The number of carbonyl (C=O) groups excluding carboxylic acids is 1. The Hall–Kier alpha value is -3.14. The number of nitrogen functional groups attached to an aromatic ring is 1. The van der Waals surface area contributed by atoms with Gasteiger partial charge in [-0.05, 0) is 37.3 Å². The summed E-state index contributed by atoms with van der Waals surface area (Å²) < 4.78 is 58.9. The van der Waals surface area contributed by atoms with Gasteiger partial charge < -0.3 is 10.5 Å². The van der Waals surface area contributed by atoms with Gasteiger partial charge in [0.05, 0.1) is 23.0 Å². The molecule has 0 saturated carbocycles. The van der Waals surface area contributed by atoms with Crippen LogP contribution in [0.25, 0.3) is 16.7 Å². The highest BCUT2D eigenvalue weighted by atomic mass is 35.5. The zero-order chi connectivity index (χ0) is 21.5. The quantitative estimate of drug-likeness (QED) is 0.503. The van der Waals surface area contributed by atoms with Gasteiger partial charge in [0.1, 0.15) is 22.7 Å². The lowest BCUT2D eigenvalue weighted by atomic mass is 10.1. The van der Waals surface area contributed by atoms with E-state index < -0.39 is 46.1 Å². The Bertz CT molecular complexity index is 1190. The molecule has 0 radical (unpaired) electrons. The maximum atomic E-state index is 14.0. The van der Waals surface area contributed by atoms with Crippen molar-refractivity contribution in [1.29, 1.82) is 0 Å². The number of rotatable bonds is 3. The first-order chi connectivity index (χ1) is 13.6. The number of hydrogen-bond acceptors (Lipinski definition) is 5. The number of ether oxygens (including phenoxy) is 1. The Morgan fingerprint density at radius 2 is 1.97 bits per heavy atom. The molecule has 1 aromatic carbocycles. The molecule has 0 amide bonds. The molecule has 0 aliphatic carbocycles. The molecule has 2 heterocycles. The first-order valence-corrected chi connectivity index (χ1v) is 8.49. The molecular formula is C18H12ClF4N3O3. The van der Waals surface area contributed by atoms with Gasteiger partial charge in [-0.3, -0.25) is 9.36 Å². The molecule has 0 saturated heterocycles. The molecule has 11 heteroatoms.